The van der Waals surface area contributed by atoms with Crippen LogP contribution in [0.4, 0.5) is 0 Å². The van der Waals surface area contributed by atoms with Crippen molar-refractivity contribution in [3.63, 3.8) is 0 Å². The average molecular weight is 272 g/mol. The van der Waals surface area contributed by atoms with E-state index >= 15 is 0 Å². The van der Waals surface area contributed by atoms with E-state index in [1.54, 1.807) is 0 Å². The molecule has 0 saturated heterocycles. The summed E-state index contributed by atoms with van der Waals surface area (Å²) < 4.78 is 10.8. The van der Waals surface area contributed by atoms with E-state index in [1.165, 1.54) is 5.57 Å². The lowest BCUT2D eigenvalue weighted by Crippen LogP contribution is -2.35. The first-order chi connectivity index (χ1) is 9.10. The van der Waals surface area contributed by atoms with Gasteiger partial charge in [0.15, 0.2) is 0 Å². The Hall–Kier alpha value is -0.420. The van der Waals surface area contributed by atoms with Gasteiger partial charge in [-0.2, -0.15) is 0 Å². The van der Waals surface area contributed by atoms with E-state index in [0.29, 0.717) is 6.04 Å². The lowest BCUT2D eigenvalue weighted by atomic mass is 10.2. The summed E-state index contributed by atoms with van der Waals surface area (Å²) in [6.07, 6.45) is 0. The summed E-state index contributed by atoms with van der Waals surface area (Å²) in [7, 11) is 0. The Kier molecular flexibility index (Phi) is 12.3. The summed E-state index contributed by atoms with van der Waals surface area (Å²) in [5, 5.41) is 3.40. The zero-order valence-electron chi connectivity index (χ0n) is 13.2. The van der Waals surface area contributed by atoms with Crippen LogP contribution in [0.15, 0.2) is 12.2 Å². The van der Waals surface area contributed by atoms with E-state index in [2.05, 4.69) is 30.6 Å². The van der Waals surface area contributed by atoms with E-state index in [1.807, 2.05) is 13.8 Å². The molecule has 0 amide bonds. The fraction of sp³-hybridized carbons (Fsp3) is 0.867. The third kappa shape index (κ3) is 12.4. The minimum Gasteiger partial charge on any atom is -0.380 e. The molecular weight excluding hydrogens is 240 g/mol. The molecule has 0 spiro atoms. The number of hydrogen-bond donors (Lipinski definition) is 1. The van der Waals surface area contributed by atoms with E-state index in [9.17, 15) is 0 Å². The SMILES string of the molecule is C=C(CNC(C)C)CN(CCOCC)CCOCC. The Bertz CT molecular complexity index is 210. The highest BCUT2D eigenvalue weighted by atomic mass is 16.5. The average Bonchev–Trinajstić information content (AvgIpc) is 2.36. The lowest BCUT2D eigenvalue weighted by molar-refractivity contribution is 0.0865. The first-order valence-electron chi connectivity index (χ1n) is 7.38. The van der Waals surface area contributed by atoms with Gasteiger partial charge in [0.1, 0.15) is 0 Å². The van der Waals surface area contributed by atoms with Gasteiger partial charge in [-0.05, 0) is 19.4 Å². The first-order valence-corrected chi connectivity index (χ1v) is 7.38. The van der Waals surface area contributed by atoms with Crippen molar-refractivity contribution in [2.45, 2.75) is 33.7 Å². The van der Waals surface area contributed by atoms with Crippen LogP contribution >= 0.6 is 0 Å². The van der Waals surface area contributed by atoms with E-state index in [4.69, 9.17) is 9.47 Å². The molecule has 0 heterocycles. The number of ether oxygens (including phenoxy) is 2. The second-order valence-electron chi connectivity index (χ2n) is 4.96. The number of rotatable bonds is 13. The Morgan fingerprint density at radius 1 is 1.11 bits per heavy atom. The largest absolute Gasteiger partial charge is 0.380 e. The van der Waals surface area contributed by atoms with E-state index < -0.39 is 0 Å². The zero-order valence-corrected chi connectivity index (χ0v) is 13.2. The summed E-state index contributed by atoms with van der Waals surface area (Å²) in [6.45, 7) is 19.2. The number of nitrogens with one attached hydrogen (secondary N) is 1. The fourth-order valence-electron chi connectivity index (χ4n) is 1.67. The molecule has 0 fully saturated rings. The zero-order chi connectivity index (χ0) is 14.5. The third-order valence-corrected chi connectivity index (χ3v) is 2.72. The van der Waals surface area contributed by atoms with Crippen molar-refractivity contribution in [1.82, 2.24) is 10.2 Å². The molecule has 0 aromatic heterocycles. The van der Waals surface area contributed by atoms with Gasteiger partial charge in [-0.1, -0.05) is 20.4 Å². The monoisotopic (exact) mass is 272 g/mol. The van der Waals surface area contributed by atoms with E-state index in [0.717, 1.165) is 52.6 Å². The summed E-state index contributed by atoms with van der Waals surface area (Å²) >= 11 is 0. The predicted octanol–water partition coefficient (Wildman–Crippen LogP) is 1.92. The van der Waals surface area contributed by atoms with Crippen molar-refractivity contribution in [3.8, 4) is 0 Å². The van der Waals surface area contributed by atoms with Crippen LogP contribution in [-0.4, -0.2) is 63.5 Å². The van der Waals surface area contributed by atoms with Crippen LogP contribution in [0, 0.1) is 0 Å². The first kappa shape index (κ1) is 18.6. The molecule has 4 heteroatoms. The summed E-state index contributed by atoms with van der Waals surface area (Å²) in [4.78, 5) is 2.34. The smallest absolute Gasteiger partial charge is 0.0593 e. The maximum Gasteiger partial charge on any atom is 0.0593 e. The van der Waals surface area contributed by atoms with Crippen molar-refractivity contribution in [1.29, 1.82) is 0 Å². The molecule has 0 aromatic carbocycles. The highest BCUT2D eigenvalue weighted by molar-refractivity contribution is 5.00. The fourth-order valence-corrected chi connectivity index (χ4v) is 1.67. The Morgan fingerprint density at radius 3 is 2.05 bits per heavy atom. The minimum atomic E-state index is 0.497. The molecule has 0 rings (SSSR count). The number of nitrogens with zero attached hydrogens (tertiary/aromatic N) is 1. The van der Waals surface area contributed by atoms with Crippen molar-refractivity contribution < 1.29 is 9.47 Å². The lowest BCUT2D eigenvalue weighted by Gasteiger charge is -2.23. The van der Waals surface area contributed by atoms with Gasteiger partial charge in [-0.25, -0.2) is 0 Å². The summed E-state index contributed by atoms with van der Waals surface area (Å²) in [5.41, 5.74) is 1.21. The molecule has 19 heavy (non-hydrogen) atoms. The predicted molar refractivity (Wildman–Crippen MR) is 81.7 cm³/mol. The van der Waals surface area contributed by atoms with Crippen LogP contribution < -0.4 is 5.32 Å². The molecule has 0 unspecified atom stereocenters. The van der Waals surface area contributed by atoms with Crippen molar-refractivity contribution >= 4 is 0 Å². The molecule has 114 valence electrons. The molecular formula is C15H32N2O2. The van der Waals surface area contributed by atoms with Crippen LogP contribution in [0.5, 0.6) is 0 Å². The number of hydrogen-bond acceptors (Lipinski definition) is 4. The van der Waals surface area contributed by atoms with Gasteiger partial charge in [0.05, 0.1) is 13.2 Å². The molecule has 0 aliphatic carbocycles. The summed E-state index contributed by atoms with van der Waals surface area (Å²) in [6, 6.07) is 0.497. The molecule has 0 atom stereocenters. The standard InChI is InChI=1S/C15H32N2O2/c1-6-18-10-8-17(9-11-19-7-2)13-15(5)12-16-14(3)4/h14,16H,5-13H2,1-4H3. The van der Waals surface area contributed by atoms with Crippen molar-refractivity contribution in [3.05, 3.63) is 12.2 Å². The Balaban J connectivity index is 3.96. The van der Waals surface area contributed by atoms with Crippen LogP contribution in [-0.2, 0) is 9.47 Å². The van der Waals surface area contributed by atoms with Crippen LogP contribution in [0.3, 0.4) is 0 Å². The van der Waals surface area contributed by atoms with Crippen LogP contribution in [0.25, 0.3) is 0 Å². The van der Waals surface area contributed by atoms with Gasteiger partial charge in [0.2, 0.25) is 0 Å². The molecule has 0 radical (unpaired) electrons. The maximum atomic E-state index is 5.42. The van der Waals surface area contributed by atoms with Gasteiger partial charge in [-0.15, -0.1) is 0 Å². The topological polar surface area (TPSA) is 33.7 Å². The molecule has 0 saturated carbocycles. The second kappa shape index (κ2) is 12.6. The van der Waals surface area contributed by atoms with Gasteiger partial charge in [0.25, 0.3) is 0 Å². The van der Waals surface area contributed by atoms with Gasteiger partial charge >= 0.3 is 0 Å². The molecule has 4 nitrogen and oxygen atoms in total. The van der Waals surface area contributed by atoms with Gasteiger partial charge in [0, 0.05) is 45.4 Å². The molecule has 0 aliphatic heterocycles. The molecule has 0 aromatic rings. The molecule has 0 bridgehead atoms. The van der Waals surface area contributed by atoms with E-state index in [-0.39, 0.29) is 0 Å². The molecule has 1 N–H and O–H groups in total. The maximum absolute atomic E-state index is 5.42. The third-order valence-electron chi connectivity index (χ3n) is 2.72. The van der Waals surface area contributed by atoms with Crippen molar-refractivity contribution in [2.75, 3.05) is 52.6 Å². The van der Waals surface area contributed by atoms with Crippen LogP contribution in [0.2, 0.25) is 0 Å². The minimum absolute atomic E-state index is 0.497. The highest BCUT2D eigenvalue weighted by Crippen LogP contribution is 1.98. The normalized spacial score (nSPS) is 11.5. The van der Waals surface area contributed by atoms with Gasteiger partial charge < -0.3 is 14.8 Å². The molecule has 0 aliphatic rings. The highest BCUT2D eigenvalue weighted by Gasteiger charge is 2.07. The van der Waals surface area contributed by atoms with Gasteiger partial charge in [-0.3, -0.25) is 4.90 Å². The van der Waals surface area contributed by atoms with Crippen molar-refractivity contribution in [2.24, 2.45) is 0 Å². The van der Waals surface area contributed by atoms with Crippen LogP contribution in [0.1, 0.15) is 27.7 Å². The Labute approximate surface area is 119 Å². The Morgan fingerprint density at radius 2 is 1.63 bits per heavy atom. The quantitative estimate of drug-likeness (QED) is 0.410. The summed E-state index contributed by atoms with van der Waals surface area (Å²) in [5.74, 6) is 0. The second-order valence-corrected chi connectivity index (χ2v) is 4.96.